The first-order valence-corrected chi connectivity index (χ1v) is 13.6. The molecule has 2 aromatic heterocycles. The molecule has 0 amide bonds. The summed E-state index contributed by atoms with van der Waals surface area (Å²) >= 11 is 0. The number of nitrogens with zero attached hydrogens (tertiary/aromatic N) is 5. The number of primary sulfonamides is 1. The van der Waals surface area contributed by atoms with Crippen LogP contribution in [0.25, 0.3) is 33.9 Å². The lowest BCUT2D eigenvalue weighted by Gasteiger charge is -2.18. The van der Waals surface area contributed by atoms with E-state index in [1.54, 1.807) is 24.3 Å². The summed E-state index contributed by atoms with van der Waals surface area (Å²) in [4.78, 5) is 2.94. The van der Waals surface area contributed by atoms with Gasteiger partial charge in [-0.25, -0.2) is 31.8 Å². The highest BCUT2D eigenvalue weighted by Crippen LogP contribution is 2.39. The Balaban J connectivity index is 1.74. The van der Waals surface area contributed by atoms with Crippen molar-refractivity contribution in [3.05, 3.63) is 36.4 Å². The molecule has 0 saturated carbocycles. The number of nitrogens with two attached hydrogens (primary N) is 2. The molecule has 1 atom stereocenters. The number of rotatable bonds is 7. The minimum absolute atomic E-state index is 0.120. The second kappa shape index (κ2) is 9.03. The number of tetrazole rings is 1. The lowest BCUT2D eigenvalue weighted by molar-refractivity contribution is 0.555. The zero-order chi connectivity index (χ0) is 25.5. The molecule has 15 nitrogen and oxygen atoms in total. The van der Waals surface area contributed by atoms with Gasteiger partial charge < -0.3 is 11.1 Å². The molecule has 1 aliphatic heterocycles. The standard InChI is InChI=1S/C19H21N11O4S2/c20-19-23-17(24-27-19)11-3-1-2-10(8-11)13-4-5-14(36(33,34)28-12-6-7-22-9-12)16(35(21,31)32)15(13)18-25-29-30-26-18/h1-5,8,12,22,28H,6-7,9H2,(H2,21,31,32)(H3,20,23,24,27)(H,25,26,29,30). The molecule has 0 spiro atoms. The average molecular weight is 532 g/mol. The Morgan fingerprint density at radius 3 is 2.47 bits per heavy atom. The number of anilines is 1. The maximum atomic E-state index is 13.3. The number of sulfonamides is 2. The summed E-state index contributed by atoms with van der Waals surface area (Å²) in [6.07, 6.45) is 0.554. The van der Waals surface area contributed by atoms with Crippen LogP contribution >= 0.6 is 0 Å². The highest BCUT2D eigenvalue weighted by atomic mass is 32.2. The molecular formula is C19H21N11O4S2. The summed E-state index contributed by atoms with van der Waals surface area (Å²) in [5, 5.41) is 28.8. The van der Waals surface area contributed by atoms with E-state index in [2.05, 4.69) is 45.8 Å². The van der Waals surface area contributed by atoms with Crippen LogP contribution in [0.2, 0.25) is 0 Å². The largest absolute Gasteiger partial charge is 0.368 e. The highest BCUT2D eigenvalue weighted by molar-refractivity contribution is 7.92. The number of aromatic amines is 2. The van der Waals surface area contributed by atoms with E-state index in [0.717, 1.165) is 0 Å². The van der Waals surface area contributed by atoms with E-state index in [9.17, 15) is 16.8 Å². The van der Waals surface area contributed by atoms with Gasteiger partial charge in [0, 0.05) is 18.2 Å². The molecule has 1 fully saturated rings. The first-order chi connectivity index (χ1) is 17.1. The van der Waals surface area contributed by atoms with Crippen molar-refractivity contribution < 1.29 is 16.8 Å². The number of nitrogens with one attached hydrogen (secondary N) is 4. The van der Waals surface area contributed by atoms with Gasteiger partial charge in [0.2, 0.25) is 31.8 Å². The Bertz CT molecular complexity index is 1630. The normalized spacial score (nSPS) is 16.4. The second-order valence-corrected chi connectivity index (χ2v) is 11.2. The molecule has 1 unspecified atom stereocenters. The van der Waals surface area contributed by atoms with Crippen molar-refractivity contribution in [2.75, 3.05) is 18.8 Å². The predicted molar refractivity (Wildman–Crippen MR) is 128 cm³/mol. The van der Waals surface area contributed by atoms with Crippen LogP contribution in [-0.4, -0.2) is 71.8 Å². The molecule has 8 N–H and O–H groups in total. The van der Waals surface area contributed by atoms with Crippen molar-refractivity contribution in [1.82, 2.24) is 45.8 Å². The molecule has 1 aliphatic rings. The van der Waals surface area contributed by atoms with Crippen LogP contribution in [0, 0.1) is 0 Å². The summed E-state index contributed by atoms with van der Waals surface area (Å²) in [6.45, 7) is 1.05. The minimum atomic E-state index is -4.60. The van der Waals surface area contributed by atoms with Gasteiger partial charge in [0.05, 0.1) is 5.56 Å². The van der Waals surface area contributed by atoms with Crippen LogP contribution in [0.4, 0.5) is 5.95 Å². The van der Waals surface area contributed by atoms with Crippen molar-refractivity contribution in [3.8, 4) is 33.9 Å². The van der Waals surface area contributed by atoms with Gasteiger partial charge in [0.1, 0.15) is 9.79 Å². The number of hydrogen-bond acceptors (Lipinski definition) is 11. The first kappa shape index (κ1) is 23.9. The van der Waals surface area contributed by atoms with Crippen LogP contribution in [0.3, 0.4) is 0 Å². The lowest BCUT2D eigenvalue weighted by Crippen LogP contribution is -2.37. The van der Waals surface area contributed by atoms with E-state index in [1.807, 2.05) is 0 Å². The van der Waals surface area contributed by atoms with Crippen molar-refractivity contribution in [1.29, 1.82) is 0 Å². The Morgan fingerprint density at radius 1 is 1.03 bits per heavy atom. The molecule has 4 aromatic rings. The van der Waals surface area contributed by atoms with Crippen molar-refractivity contribution in [3.63, 3.8) is 0 Å². The maximum absolute atomic E-state index is 13.3. The van der Waals surface area contributed by atoms with Gasteiger partial charge in [0.25, 0.3) is 0 Å². The van der Waals surface area contributed by atoms with Crippen molar-refractivity contribution in [2.45, 2.75) is 22.3 Å². The number of benzene rings is 2. The van der Waals surface area contributed by atoms with Gasteiger partial charge >= 0.3 is 0 Å². The maximum Gasteiger partial charge on any atom is 0.242 e. The van der Waals surface area contributed by atoms with Crippen LogP contribution in [0.15, 0.2) is 46.2 Å². The van der Waals surface area contributed by atoms with Gasteiger partial charge in [-0.3, -0.25) is 0 Å². The monoisotopic (exact) mass is 531 g/mol. The Hall–Kier alpha value is -3.77. The average Bonchev–Trinajstić information content (AvgIpc) is 3.61. The lowest BCUT2D eigenvalue weighted by atomic mass is 9.97. The fraction of sp³-hybridized carbons (Fsp3) is 0.211. The van der Waals surface area contributed by atoms with E-state index in [4.69, 9.17) is 10.9 Å². The summed E-state index contributed by atoms with van der Waals surface area (Å²) in [6, 6.07) is 9.08. The van der Waals surface area contributed by atoms with E-state index in [-0.39, 0.29) is 17.3 Å². The number of H-pyrrole nitrogens is 2. The number of aromatic nitrogens is 7. The quantitative estimate of drug-likeness (QED) is 0.172. The van der Waals surface area contributed by atoms with Crippen molar-refractivity contribution >= 4 is 26.0 Å². The van der Waals surface area contributed by atoms with Crippen LogP contribution in [0.1, 0.15) is 6.42 Å². The fourth-order valence-electron chi connectivity index (χ4n) is 4.06. The second-order valence-electron chi connectivity index (χ2n) is 8.03. The number of nitrogen functional groups attached to an aromatic ring is 1. The predicted octanol–water partition coefficient (Wildman–Crippen LogP) is -0.811. The molecule has 1 saturated heterocycles. The van der Waals surface area contributed by atoms with E-state index in [0.29, 0.717) is 42.0 Å². The third-order valence-corrected chi connectivity index (χ3v) is 8.27. The summed E-state index contributed by atoms with van der Waals surface area (Å²) in [7, 11) is -8.89. The highest BCUT2D eigenvalue weighted by Gasteiger charge is 2.33. The summed E-state index contributed by atoms with van der Waals surface area (Å²) in [5.41, 5.74) is 6.88. The Labute approximate surface area is 205 Å². The van der Waals surface area contributed by atoms with Gasteiger partial charge in [-0.05, 0) is 41.4 Å². The molecule has 0 radical (unpaired) electrons. The molecule has 36 heavy (non-hydrogen) atoms. The third-order valence-electron chi connectivity index (χ3n) is 5.58. The smallest absolute Gasteiger partial charge is 0.242 e. The molecule has 3 heterocycles. The van der Waals surface area contributed by atoms with E-state index >= 15 is 0 Å². The van der Waals surface area contributed by atoms with Gasteiger partial charge in [0.15, 0.2) is 5.82 Å². The van der Waals surface area contributed by atoms with Gasteiger partial charge in [-0.2, -0.15) is 15.3 Å². The summed E-state index contributed by atoms with van der Waals surface area (Å²) < 4.78 is 54.9. The van der Waals surface area contributed by atoms with Gasteiger partial charge in [-0.15, -0.1) is 10.2 Å². The topological polar surface area (TPSA) is 240 Å². The zero-order valence-electron chi connectivity index (χ0n) is 18.5. The molecule has 0 aliphatic carbocycles. The van der Waals surface area contributed by atoms with Crippen molar-refractivity contribution in [2.24, 2.45) is 5.14 Å². The third kappa shape index (κ3) is 4.56. The molecule has 17 heteroatoms. The Kier molecular flexibility index (Phi) is 6.00. The molecule has 5 rings (SSSR count). The van der Waals surface area contributed by atoms with Crippen LogP contribution in [-0.2, 0) is 20.0 Å². The van der Waals surface area contributed by atoms with Crippen LogP contribution < -0.4 is 20.9 Å². The van der Waals surface area contributed by atoms with E-state index < -0.39 is 35.9 Å². The first-order valence-electron chi connectivity index (χ1n) is 10.6. The molecule has 188 valence electrons. The fourth-order valence-corrected chi connectivity index (χ4v) is 6.93. The van der Waals surface area contributed by atoms with Crippen LogP contribution in [0.5, 0.6) is 0 Å². The molecule has 2 aromatic carbocycles. The SMILES string of the molecule is Nc1nc(-c2cccc(-c3ccc(S(=O)(=O)NC4CCNC4)c(S(N)(=O)=O)c3-c3nn[nH]n3)c2)n[nH]1. The van der Waals surface area contributed by atoms with Gasteiger partial charge in [-0.1, -0.05) is 24.3 Å². The zero-order valence-corrected chi connectivity index (χ0v) is 20.1. The minimum Gasteiger partial charge on any atom is -0.368 e. The molecular weight excluding hydrogens is 510 g/mol. The Morgan fingerprint density at radius 2 is 1.83 bits per heavy atom. The summed E-state index contributed by atoms with van der Waals surface area (Å²) in [5.74, 6) is 0.288. The molecule has 0 bridgehead atoms. The number of hydrogen-bond donors (Lipinski definition) is 6. The van der Waals surface area contributed by atoms with E-state index in [1.165, 1.54) is 12.1 Å².